The molecule has 2 amide bonds. The van der Waals surface area contributed by atoms with Gasteiger partial charge in [-0.05, 0) is 18.4 Å². The van der Waals surface area contributed by atoms with Crippen LogP contribution >= 0.6 is 0 Å². The largest absolute Gasteiger partial charge is 0.480 e. The first-order chi connectivity index (χ1) is 12.1. The van der Waals surface area contributed by atoms with Gasteiger partial charge in [0.15, 0.2) is 0 Å². The highest BCUT2D eigenvalue weighted by atomic mass is 16.6. The minimum absolute atomic E-state index is 0.126. The van der Waals surface area contributed by atoms with Crippen LogP contribution in [-0.4, -0.2) is 39.9 Å². The standard InChI is InChI=1S/C17H23N3O6/c1-4-10(2)15(17(23)24)19-16(22)11(3)18-14(21)9-12-6-5-7-13(8-12)20(25)26/h5-8,10-11,15H,4,9H2,1-3H3,(H,18,21)(H,19,22)(H,23,24). The number of nitro groups is 1. The van der Waals surface area contributed by atoms with Crippen LogP contribution in [0.15, 0.2) is 24.3 Å². The summed E-state index contributed by atoms with van der Waals surface area (Å²) in [4.78, 5) is 45.6. The Balaban J connectivity index is 2.65. The third-order valence-corrected chi connectivity index (χ3v) is 4.03. The second kappa shape index (κ2) is 9.50. The Morgan fingerprint density at radius 2 is 1.88 bits per heavy atom. The van der Waals surface area contributed by atoms with Gasteiger partial charge in [0, 0.05) is 12.1 Å². The molecule has 0 aliphatic heterocycles. The first kappa shape index (κ1) is 21.1. The Kier molecular flexibility index (Phi) is 7.70. The minimum Gasteiger partial charge on any atom is -0.480 e. The molecule has 3 unspecified atom stereocenters. The molecule has 0 radical (unpaired) electrons. The molecule has 0 heterocycles. The lowest BCUT2D eigenvalue weighted by Gasteiger charge is -2.22. The zero-order valence-electron chi connectivity index (χ0n) is 14.9. The van der Waals surface area contributed by atoms with Crippen molar-refractivity contribution in [2.24, 2.45) is 5.92 Å². The summed E-state index contributed by atoms with van der Waals surface area (Å²) in [6.07, 6.45) is 0.442. The Morgan fingerprint density at radius 1 is 1.23 bits per heavy atom. The van der Waals surface area contributed by atoms with Crippen molar-refractivity contribution in [2.45, 2.75) is 45.7 Å². The van der Waals surface area contributed by atoms with Crippen LogP contribution in [0.5, 0.6) is 0 Å². The van der Waals surface area contributed by atoms with Gasteiger partial charge < -0.3 is 15.7 Å². The number of carbonyl (C=O) groups excluding carboxylic acids is 2. The molecule has 9 nitrogen and oxygen atoms in total. The number of amides is 2. The Labute approximate surface area is 150 Å². The van der Waals surface area contributed by atoms with E-state index in [0.29, 0.717) is 12.0 Å². The highest BCUT2D eigenvalue weighted by Gasteiger charge is 2.27. The average molecular weight is 365 g/mol. The molecule has 0 aromatic heterocycles. The molecule has 1 aromatic carbocycles. The molecule has 0 fully saturated rings. The van der Waals surface area contributed by atoms with Crippen molar-refractivity contribution < 1.29 is 24.4 Å². The van der Waals surface area contributed by atoms with E-state index in [1.807, 2.05) is 6.92 Å². The molecule has 0 bridgehead atoms. The first-order valence-electron chi connectivity index (χ1n) is 8.21. The normalized spacial score (nSPS) is 14.0. The fraction of sp³-hybridized carbons (Fsp3) is 0.471. The maximum Gasteiger partial charge on any atom is 0.326 e. The number of rotatable bonds is 9. The van der Waals surface area contributed by atoms with E-state index in [4.69, 9.17) is 0 Å². The number of nitrogens with zero attached hydrogens (tertiary/aromatic N) is 1. The van der Waals surface area contributed by atoms with Crippen molar-refractivity contribution in [3.05, 3.63) is 39.9 Å². The summed E-state index contributed by atoms with van der Waals surface area (Å²) < 4.78 is 0. The first-order valence-corrected chi connectivity index (χ1v) is 8.21. The molecule has 142 valence electrons. The van der Waals surface area contributed by atoms with Crippen LogP contribution in [0.25, 0.3) is 0 Å². The maximum absolute atomic E-state index is 12.1. The molecule has 0 aliphatic rings. The van der Waals surface area contributed by atoms with Crippen LogP contribution in [-0.2, 0) is 20.8 Å². The van der Waals surface area contributed by atoms with Gasteiger partial charge in [-0.3, -0.25) is 19.7 Å². The van der Waals surface area contributed by atoms with E-state index < -0.39 is 34.8 Å². The smallest absolute Gasteiger partial charge is 0.326 e. The topological polar surface area (TPSA) is 139 Å². The zero-order valence-corrected chi connectivity index (χ0v) is 14.9. The van der Waals surface area contributed by atoms with Crippen LogP contribution in [0.3, 0.4) is 0 Å². The van der Waals surface area contributed by atoms with Crippen molar-refractivity contribution in [2.75, 3.05) is 0 Å². The molecule has 1 aromatic rings. The van der Waals surface area contributed by atoms with Crippen LogP contribution in [0.4, 0.5) is 5.69 Å². The van der Waals surface area contributed by atoms with Crippen molar-refractivity contribution in [3.8, 4) is 0 Å². The van der Waals surface area contributed by atoms with Crippen LogP contribution < -0.4 is 10.6 Å². The van der Waals surface area contributed by atoms with Crippen LogP contribution in [0.1, 0.15) is 32.8 Å². The molecule has 1 rings (SSSR count). The number of nitro benzene ring substituents is 1. The fourth-order valence-corrected chi connectivity index (χ4v) is 2.28. The van der Waals surface area contributed by atoms with Crippen LogP contribution in [0.2, 0.25) is 0 Å². The van der Waals surface area contributed by atoms with E-state index in [2.05, 4.69) is 10.6 Å². The van der Waals surface area contributed by atoms with Gasteiger partial charge in [-0.2, -0.15) is 0 Å². The number of nitrogens with one attached hydrogen (secondary N) is 2. The molecule has 0 saturated carbocycles. The van der Waals surface area contributed by atoms with Gasteiger partial charge in [-0.1, -0.05) is 32.4 Å². The van der Waals surface area contributed by atoms with E-state index in [1.54, 1.807) is 13.0 Å². The number of hydrogen-bond acceptors (Lipinski definition) is 5. The fourth-order valence-electron chi connectivity index (χ4n) is 2.28. The van der Waals surface area contributed by atoms with Gasteiger partial charge in [0.2, 0.25) is 11.8 Å². The van der Waals surface area contributed by atoms with E-state index in [1.165, 1.54) is 25.1 Å². The quantitative estimate of drug-likeness (QED) is 0.445. The number of non-ortho nitro benzene ring substituents is 1. The predicted molar refractivity (Wildman–Crippen MR) is 93.4 cm³/mol. The number of carbonyl (C=O) groups is 3. The summed E-state index contributed by atoms with van der Waals surface area (Å²) in [5, 5.41) is 24.8. The molecule has 3 N–H and O–H groups in total. The molecule has 26 heavy (non-hydrogen) atoms. The lowest BCUT2D eigenvalue weighted by Crippen LogP contribution is -2.52. The Bertz CT molecular complexity index is 691. The number of aliphatic carboxylic acids is 1. The summed E-state index contributed by atoms with van der Waals surface area (Å²) in [6.45, 7) is 4.97. The lowest BCUT2D eigenvalue weighted by atomic mass is 9.99. The van der Waals surface area contributed by atoms with Gasteiger partial charge in [-0.25, -0.2) is 4.79 Å². The zero-order chi connectivity index (χ0) is 19.9. The van der Waals surface area contributed by atoms with E-state index in [9.17, 15) is 29.6 Å². The van der Waals surface area contributed by atoms with E-state index >= 15 is 0 Å². The Morgan fingerprint density at radius 3 is 2.42 bits per heavy atom. The number of carboxylic acid groups (broad SMARTS) is 1. The molecular weight excluding hydrogens is 342 g/mol. The SMILES string of the molecule is CCC(C)C(NC(=O)C(C)NC(=O)Cc1cccc([N+](=O)[O-])c1)C(=O)O. The third kappa shape index (κ3) is 6.15. The summed E-state index contributed by atoms with van der Waals surface area (Å²) in [5.74, 6) is -2.50. The molecule has 9 heteroatoms. The summed E-state index contributed by atoms with van der Waals surface area (Å²) in [6, 6.07) is 3.67. The molecule has 0 spiro atoms. The monoisotopic (exact) mass is 365 g/mol. The van der Waals surface area contributed by atoms with Gasteiger partial charge in [0.1, 0.15) is 12.1 Å². The van der Waals surface area contributed by atoms with Crippen molar-refractivity contribution in [1.82, 2.24) is 10.6 Å². The summed E-state index contributed by atoms with van der Waals surface area (Å²) >= 11 is 0. The van der Waals surface area contributed by atoms with Crippen molar-refractivity contribution in [3.63, 3.8) is 0 Å². The number of benzene rings is 1. The number of hydrogen-bond donors (Lipinski definition) is 3. The van der Waals surface area contributed by atoms with Gasteiger partial charge in [-0.15, -0.1) is 0 Å². The van der Waals surface area contributed by atoms with Gasteiger partial charge in [0.05, 0.1) is 11.3 Å². The molecular formula is C17H23N3O6. The highest BCUT2D eigenvalue weighted by molar-refractivity contribution is 5.90. The predicted octanol–water partition coefficient (Wildman–Crippen LogP) is 1.26. The molecule has 3 atom stereocenters. The van der Waals surface area contributed by atoms with Crippen molar-refractivity contribution >= 4 is 23.5 Å². The third-order valence-electron chi connectivity index (χ3n) is 4.03. The highest BCUT2D eigenvalue weighted by Crippen LogP contribution is 2.13. The van der Waals surface area contributed by atoms with Crippen molar-refractivity contribution in [1.29, 1.82) is 0 Å². The second-order valence-corrected chi connectivity index (χ2v) is 6.10. The van der Waals surface area contributed by atoms with Gasteiger partial charge in [0.25, 0.3) is 5.69 Å². The van der Waals surface area contributed by atoms with Crippen LogP contribution in [0, 0.1) is 16.0 Å². The average Bonchev–Trinajstić information content (AvgIpc) is 2.58. The molecule has 0 saturated heterocycles. The maximum atomic E-state index is 12.1. The second-order valence-electron chi connectivity index (χ2n) is 6.10. The summed E-state index contributed by atoms with van der Waals surface area (Å²) in [7, 11) is 0. The number of carboxylic acids is 1. The minimum atomic E-state index is -1.14. The lowest BCUT2D eigenvalue weighted by molar-refractivity contribution is -0.384. The van der Waals surface area contributed by atoms with E-state index in [0.717, 1.165) is 0 Å². The van der Waals surface area contributed by atoms with E-state index in [-0.39, 0.29) is 18.0 Å². The Hall–Kier alpha value is -2.97. The molecule has 0 aliphatic carbocycles. The van der Waals surface area contributed by atoms with Gasteiger partial charge >= 0.3 is 5.97 Å². The summed E-state index contributed by atoms with van der Waals surface area (Å²) in [5.41, 5.74) is 0.311.